The number of fused-ring (bicyclic) bond motifs is 1. The van der Waals surface area contributed by atoms with Crippen LogP contribution in [-0.2, 0) is 22.7 Å². The molecule has 0 saturated carbocycles. The number of ether oxygens (including phenoxy) is 1. The molecule has 0 aliphatic carbocycles. The summed E-state index contributed by atoms with van der Waals surface area (Å²) in [5.74, 6) is 0.136. The van der Waals surface area contributed by atoms with Crippen molar-refractivity contribution in [1.82, 2.24) is 19.5 Å². The first-order valence-electron chi connectivity index (χ1n) is 7.03. The first-order chi connectivity index (χ1) is 12.1. The number of hydrogen-bond acceptors (Lipinski definition) is 12. The monoisotopic (exact) mass is 455 g/mol. The smallest absolute Gasteiger partial charge is 0.756 e. The van der Waals surface area contributed by atoms with Gasteiger partial charge in [0.05, 0.1) is 19.0 Å². The summed E-state index contributed by atoms with van der Waals surface area (Å²) in [6, 6.07) is 0. The number of phosphoric acid groups is 2. The average Bonchev–Trinajstić information content (AvgIpc) is 3.07. The molecule has 0 aromatic carbocycles. The number of nitrogens with zero attached hydrogens (tertiary/aromatic N) is 4. The molecule has 3 rings (SSSR count). The van der Waals surface area contributed by atoms with Gasteiger partial charge in [-0.15, -0.1) is 0 Å². The fourth-order valence-corrected chi connectivity index (χ4v) is 4.02. The minimum Gasteiger partial charge on any atom is -0.756 e. The van der Waals surface area contributed by atoms with Crippen molar-refractivity contribution in [2.75, 3.05) is 12.3 Å². The third-order valence-corrected chi connectivity index (χ3v) is 5.54. The average molecular weight is 455 g/mol. The van der Waals surface area contributed by atoms with E-state index in [0.717, 1.165) is 0 Å². The summed E-state index contributed by atoms with van der Waals surface area (Å²) in [5.41, 5.74) is 6.28. The molecular formula is C10H13N5Na2O9P2. The van der Waals surface area contributed by atoms with Crippen LogP contribution < -0.4 is 74.6 Å². The summed E-state index contributed by atoms with van der Waals surface area (Å²) < 4.78 is 36.5. The first-order valence-corrected chi connectivity index (χ1v) is 9.98. The van der Waals surface area contributed by atoms with Gasteiger partial charge in [0.1, 0.15) is 17.9 Å². The van der Waals surface area contributed by atoms with E-state index in [2.05, 4.69) is 23.8 Å². The molecule has 3 unspecified atom stereocenters. The summed E-state index contributed by atoms with van der Waals surface area (Å²) in [7, 11) is -10.8. The first kappa shape index (κ1) is 26.6. The van der Waals surface area contributed by atoms with Crippen LogP contribution in [-0.4, -0.2) is 48.3 Å². The Bertz CT molecular complexity index is 911. The summed E-state index contributed by atoms with van der Waals surface area (Å²) >= 11 is 0. The number of imidazole rings is 1. The van der Waals surface area contributed by atoms with Gasteiger partial charge in [-0.25, -0.2) is 19.3 Å². The number of aliphatic hydroxyl groups excluding tert-OH is 1. The van der Waals surface area contributed by atoms with Crippen molar-refractivity contribution in [3.05, 3.63) is 12.7 Å². The number of aromatic nitrogens is 4. The topological polar surface area (TPSA) is 218 Å². The van der Waals surface area contributed by atoms with Gasteiger partial charge in [-0.2, -0.15) is 0 Å². The molecule has 28 heavy (non-hydrogen) atoms. The third-order valence-electron chi connectivity index (χ3n) is 3.45. The van der Waals surface area contributed by atoms with Gasteiger partial charge in [0.2, 0.25) is 0 Å². The Hall–Kier alpha value is 0.530. The molecule has 2 aromatic heterocycles. The van der Waals surface area contributed by atoms with E-state index in [-0.39, 0.29) is 71.4 Å². The van der Waals surface area contributed by atoms with Crippen LogP contribution in [0.3, 0.4) is 0 Å². The molecule has 14 nitrogen and oxygen atoms in total. The van der Waals surface area contributed by atoms with Crippen molar-refractivity contribution in [3.8, 4) is 0 Å². The number of anilines is 1. The maximum atomic E-state index is 11.3. The Morgan fingerprint density at radius 3 is 2.64 bits per heavy atom. The number of rotatable bonds is 6. The van der Waals surface area contributed by atoms with Crippen LogP contribution >= 0.6 is 15.6 Å². The second kappa shape index (κ2) is 10.2. The van der Waals surface area contributed by atoms with Gasteiger partial charge in [0, 0.05) is 6.42 Å². The maximum Gasteiger partial charge on any atom is 1.00 e. The van der Waals surface area contributed by atoms with Crippen LogP contribution in [0.2, 0.25) is 0 Å². The zero-order valence-electron chi connectivity index (χ0n) is 14.8. The zero-order valence-corrected chi connectivity index (χ0v) is 20.6. The fourth-order valence-electron chi connectivity index (χ4n) is 2.47. The predicted molar refractivity (Wildman–Crippen MR) is 78.7 cm³/mol. The largest absolute Gasteiger partial charge is 1.00 e. The quantitative estimate of drug-likeness (QED) is 0.273. The third kappa shape index (κ3) is 6.51. The molecule has 144 valence electrons. The van der Waals surface area contributed by atoms with Crippen molar-refractivity contribution in [2.24, 2.45) is 0 Å². The molecule has 2 aromatic rings. The fraction of sp³-hybridized carbons (Fsp3) is 0.500. The SMILES string of the molecule is Nc1ncnc2c1ncn2[C@@H]1O[C@H](COP(=O)([O-])OP(=O)([O-])O)CC1O.[Na+].[Na+]. The van der Waals surface area contributed by atoms with Gasteiger partial charge in [-0.05, 0) is 0 Å². The number of phosphoric ester groups is 1. The molecule has 5 atom stereocenters. The number of nitrogen functional groups attached to an aromatic ring is 1. The Kier molecular flexibility index (Phi) is 9.70. The number of hydrogen-bond donors (Lipinski definition) is 3. The number of nitrogens with two attached hydrogens (primary N) is 1. The van der Waals surface area contributed by atoms with Gasteiger partial charge >= 0.3 is 59.1 Å². The van der Waals surface area contributed by atoms with Gasteiger partial charge in [0.25, 0.3) is 15.6 Å². The minimum atomic E-state index is -5.52. The van der Waals surface area contributed by atoms with E-state index in [1.54, 1.807) is 0 Å². The van der Waals surface area contributed by atoms with Crippen molar-refractivity contribution in [3.63, 3.8) is 0 Å². The molecule has 4 N–H and O–H groups in total. The zero-order chi connectivity index (χ0) is 19.1. The van der Waals surface area contributed by atoms with E-state index in [1.165, 1.54) is 17.2 Å². The Balaban J connectivity index is 0.00000196. The van der Waals surface area contributed by atoms with E-state index in [9.17, 15) is 24.0 Å². The van der Waals surface area contributed by atoms with Crippen LogP contribution in [0.25, 0.3) is 11.2 Å². The van der Waals surface area contributed by atoms with Crippen LogP contribution in [0.5, 0.6) is 0 Å². The van der Waals surface area contributed by atoms with E-state index in [0.29, 0.717) is 11.2 Å². The predicted octanol–water partition coefficient (Wildman–Crippen LogP) is -7.97. The summed E-state index contributed by atoms with van der Waals surface area (Å²) in [5, 5.41) is 10.2. The minimum absolute atomic E-state index is 0. The summed E-state index contributed by atoms with van der Waals surface area (Å²) in [6.07, 6.45) is -0.431. The van der Waals surface area contributed by atoms with Gasteiger partial charge in [-0.3, -0.25) is 13.7 Å². The van der Waals surface area contributed by atoms with Crippen molar-refractivity contribution in [1.29, 1.82) is 0 Å². The molecule has 1 aliphatic rings. The Morgan fingerprint density at radius 2 is 2.00 bits per heavy atom. The van der Waals surface area contributed by atoms with Crippen LogP contribution in [0, 0.1) is 0 Å². The summed E-state index contributed by atoms with van der Waals surface area (Å²) in [6.45, 7) is -0.641. The number of aliphatic hydroxyl groups is 1. The Labute approximate surface area is 202 Å². The molecular weight excluding hydrogens is 442 g/mol. The van der Waals surface area contributed by atoms with E-state index in [4.69, 9.17) is 15.4 Å². The normalized spacial score (nSPS) is 26.1. The molecule has 0 radical (unpaired) electrons. The van der Waals surface area contributed by atoms with Gasteiger partial charge in [0.15, 0.2) is 17.7 Å². The molecule has 3 heterocycles. The standard InChI is InChI=1S/C10H15N5O9P2.2Na/c11-8-7-9(13-3-12-8)15(4-14-7)10-6(16)1-5(23-10)2-22-26(20,21)24-25(17,18)19;;/h3-6,10,16H,1-2H2,(H,20,21)(H2,11,12,13)(H2,17,18,19);;/q;2*+1/p-2/t5-,6?,10+;;/m0../s1. The molecule has 0 spiro atoms. The van der Waals surface area contributed by atoms with Crippen molar-refractivity contribution in [2.45, 2.75) is 24.9 Å². The van der Waals surface area contributed by atoms with Crippen LogP contribution in [0.15, 0.2) is 12.7 Å². The second-order valence-electron chi connectivity index (χ2n) is 5.33. The molecule has 0 amide bonds. The van der Waals surface area contributed by atoms with Gasteiger partial charge in [-0.1, -0.05) is 0 Å². The van der Waals surface area contributed by atoms with Crippen molar-refractivity contribution >= 4 is 32.6 Å². The summed E-state index contributed by atoms with van der Waals surface area (Å²) in [4.78, 5) is 42.0. The van der Waals surface area contributed by atoms with E-state index < -0.39 is 40.7 Å². The van der Waals surface area contributed by atoms with E-state index in [1.807, 2.05) is 0 Å². The van der Waals surface area contributed by atoms with Gasteiger partial charge < -0.3 is 34.8 Å². The van der Waals surface area contributed by atoms with E-state index >= 15 is 0 Å². The van der Waals surface area contributed by atoms with Crippen molar-refractivity contribution < 1.29 is 102 Å². The molecule has 0 bridgehead atoms. The van der Waals surface area contributed by atoms with Crippen LogP contribution in [0.1, 0.15) is 12.6 Å². The van der Waals surface area contributed by atoms with Crippen LogP contribution in [0.4, 0.5) is 5.82 Å². The Morgan fingerprint density at radius 1 is 1.32 bits per heavy atom. The second-order valence-corrected chi connectivity index (χ2v) is 8.07. The molecule has 1 fully saturated rings. The molecule has 18 heteroatoms. The maximum absolute atomic E-state index is 11.3. The molecule has 1 aliphatic heterocycles. The molecule has 1 saturated heterocycles.